The fraction of sp³-hybridized carbons (Fsp3) is 0.294. The van der Waals surface area contributed by atoms with Gasteiger partial charge in [-0.1, -0.05) is 64.3 Å². The van der Waals surface area contributed by atoms with Crippen molar-refractivity contribution in [2.75, 3.05) is 6.54 Å². The maximum atomic E-state index is 6.36. The van der Waals surface area contributed by atoms with E-state index in [0.29, 0.717) is 0 Å². The van der Waals surface area contributed by atoms with Gasteiger partial charge >= 0.3 is 0 Å². The van der Waals surface area contributed by atoms with Crippen LogP contribution in [0.3, 0.4) is 0 Å². The number of benzene rings is 2. The van der Waals surface area contributed by atoms with Crippen LogP contribution in [0.15, 0.2) is 46.9 Å². The summed E-state index contributed by atoms with van der Waals surface area (Å²) < 4.78 is 1.06. The highest BCUT2D eigenvalue weighted by Crippen LogP contribution is 2.29. The maximum Gasteiger partial charge on any atom is 0.0454 e. The molecule has 106 valence electrons. The first-order valence-corrected chi connectivity index (χ1v) is 8.01. The lowest BCUT2D eigenvalue weighted by Crippen LogP contribution is -2.23. The fourth-order valence-electron chi connectivity index (χ4n) is 2.39. The van der Waals surface area contributed by atoms with E-state index in [0.717, 1.165) is 28.0 Å². The number of halogens is 2. The molecule has 2 rings (SSSR count). The third-order valence-electron chi connectivity index (χ3n) is 3.31. The van der Waals surface area contributed by atoms with Gasteiger partial charge in [0, 0.05) is 15.5 Å². The molecule has 0 heterocycles. The summed E-state index contributed by atoms with van der Waals surface area (Å²) in [5, 5.41) is 4.34. The van der Waals surface area contributed by atoms with Crippen LogP contribution in [-0.4, -0.2) is 6.54 Å². The minimum atomic E-state index is 0.229. The molecule has 0 amide bonds. The van der Waals surface area contributed by atoms with Crippen molar-refractivity contribution in [3.63, 3.8) is 0 Å². The molecule has 0 bridgehead atoms. The quantitative estimate of drug-likeness (QED) is 0.769. The zero-order valence-corrected chi connectivity index (χ0v) is 14.1. The van der Waals surface area contributed by atoms with E-state index in [1.54, 1.807) is 0 Å². The topological polar surface area (TPSA) is 12.0 Å². The molecule has 3 heteroatoms. The molecule has 2 aromatic rings. The largest absolute Gasteiger partial charge is 0.310 e. The first-order chi connectivity index (χ1) is 9.60. The van der Waals surface area contributed by atoms with E-state index in [2.05, 4.69) is 65.4 Å². The number of nitrogens with one attached hydrogen (secondary N) is 1. The molecule has 0 saturated carbocycles. The third kappa shape index (κ3) is 4.08. The van der Waals surface area contributed by atoms with E-state index < -0.39 is 0 Å². The summed E-state index contributed by atoms with van der Waals surface area (Å²) in [4.78, 5) is 0. The molecule has 0 spiro atoms. The number of aryl methyl sites for hydroxylation is 1. The number of hydrogen-bond donors (Lipinski definition) is 1. The van der Waals surface area contributed by atoms with Crippen LogP contribution in [-0.2, 0) is 6.42 Å². The second-order valence-electron chi connectivity index (χ2n) is 4.97. The second-order valence-corrected chi connectivity index (χ2v) is 6.29. The summed E-state index contributed by atoms with van der Waals surface area (Å²) in [7, 11) is 0. The van der Waals surface area contributed by atoms with Gasteiger partial charge < -0.3 is 5.32 Å². The van der Waals surface area contributed by atoms with Gasteiger partial charge in [0.2, 0.25) is 0 Å². The Bertz CT molecular complexity index is 583. The average Bonchev–Trinajstić information content (AvgIpc) is 2.41. The van der Waals surface area contributed by atoms with E-state index >= 15 is 0 Å². The summed E-state index contributed by atoms with van der Waals surface area (Å²) in [6, 6.07) is 14.9. The molecular weight excluding hydrogens is 334 g/mol. The highest BCUT2D eigenvalue weighted by molar-refractivity contribution is 9.10. The molecule has 1 atom stereocenters. The lowest BCUT2D eigenvalue weighted by atomic mass is 9.98. The molecule has 0 aromatic heterocycles. The number of likely N-dealkylation sites (N-methyl/N-ethyl adjacent to an activating group) is 1. The van der Waals surface area contributed by atoms with Gasteiger partial charge in [0.05, 0.1) is 0 Å². The van der Waals surface area contributed by atoms with Gasteiger partial charge in [-0.05, 0) is 49.2 Å². The molecule has 1 unspecified atom stereocenters. The van der Waals surface area contributed by atoms with Crippen LogP contribution in [0.2, 0.25) is 5.02 Å². The molecule has 0 saturated heterocycles. The first kappa shape index (κ1) is 15.6. The predicted octanol–water partition coefficient (Wildman–Crippen LogP) is 5.30. The van der Waals surface area contributed by atoms with E-state index in [-0.39, 0.29) is 6.04 Å². The standard InChI is InChI=1S/C17H19BrClN/c1-3-20-17(10-13-6-4-5-12(2)9-13)15-11-14(18)7-8-16(15)19/h4-9,11,17,20H,3,10H2,1-2H3. The smallest absolute Gasteiger partial charge is 0.0454 e. The summed E-state index contributed by atoms with van der Waals surface area (Å²) in [6.45, 7) is 5.16. The van der Waals surface area contributed by atoms with Crippen LogP contribution in [0, 0.1) is 6.92 Å². The molecule has 0 fully saturated rings. The lowest BCUT2D eigenvalue weighted by Gasteiger charge is -2.20. The summed E-state index contributed by atoms with van der Waals surface area (Å²) in [5.74, 6) is 0. The predicted molar refractivity (Wildman–Crippen MR) is 90.5 cm³/mol. The zero-order valence-electron chi connectivity index (χ0n) is 11.8. The monoisotopic (exact) mass is 351 g/mol. The van der Waals surface area contributed by atoms with Crippen molar-refractivity contribution in [3.8, 4) is 0 Å². The average molecular weight is 353 g/mol. The first-order valence-electron chi connectivity index (χ1n) is 6.84. The van der Waals surface area contributed by atoms with Crippen molar-refractivity contribution < 1.29 is 0 Å². The van der Waals surface area contributed by atoms with Crippen molar-refractivity contribution in [2.24, 2.45) is 0 Å². The highest BCUT2D eigenvalue weighted by Gasteiger charge is 2.15. The van der Waals surface area contributed by atoms with Crippen molar-refractivity contribution >= 4 is 27.5 Å². The Hall–Kier alpha value is -0.830. The number of hydrogen-bond acceptors (Lipinski definition) is 1. The van der Waals surface area contributed by atoms with E-state index in [4.69, 9.17) is 11.6 Å². The van der Waals surface area contributed by atoms with E-state index in [9.17, 15) is 0 Å². The Morgan fingerprint density at radius 2 is 2.00 bits per heavy atom. The summed E-state index contributed by atoms with van der Waals surface area (Å²) >= 11 is 9.89. The summed E-state index contributed by atoms with van der Waals surface area (Å²) in [6.07, 6.45) is 0.936. The van der Waals surface area contributed by atoms with Crippen molar-refractivity contribution in [3.05, 3.63) is 68.7 Å². The Morgan fingerprint density at radius 1 is 1.20 bits per heavy atom. The molecule has 0 aliphatic rings. The van der Waals surface area contributed by atoms with Crippen molar-refractivity contribution in [1.29, 1.82) is 0 Å². The molecule has 20 heavy (non-hydrogen) atoms. The van der Waals surface area contributed by atoms with Crippen LogP contribution in [0.25, 0.3) is 0 Å². The third-order valence-corrected chi connectivity index (χ3v) is 4.14. The molecular formula is C17H19BrClN. The van der Waals surface area contributed by atoms with E-state index in [1.807, 2.05) is 12.1 Å². The van der Waals surface area contributed by atoms with Crippen LogP contribution in [0.4, 0.5) is 0 Å². The Morgan fingerprint density at radius 3 is 2.70 bits per heavy atom. The van der Waals surface area contributed by atoms with Gasteiger partial charge in [0.15, 0.2) is 0 Å². The van der Waals surface area contributed by atoms with Crippen LogP contribution in [0.1, 0.15) is 29.7 Å². The Kier molecular flexibility index (Phi) is 5.64. The Labute approximate surface area is 134 Å². The molecule has 1 N–H and O–H groups in total. The maximum absolute atomic E-state index is 6.36. The van der Waals surface area contributed by atoms with Gasteiger partial charge in [-0.25, -0.2) is 0 Å². The molecule has 2 aromatic carbocycles. The van der Waals surface area contributed by atoms with Gasteiger partial charge in [0.25, 0.3) is 0 Å². The van der Waals surface area contributed by atoms with Crippen molar-refractivity contribution in [2.45, 2.75) is 26.3 Å². The van der Waals surface area contributed by atoms with Crippen LogP contribution >= 0.6 is 27.5 Å². The van der Waals surface area contributed by atoms with Gasteiger partial charge in [-0.3, -0.25) is 0 Å². The van der Waals surface area contributed by atoms with Crippen LogP contribution in [0.5, 0.6) is 0 Å². The zero-order chi connectivity index (χ0) is 14.5. The van der Waals surface area contributed by atoms with Crippen LogP contribution < -0.4 is 5.32 Å². The molecule has 1 nitrogen and oxygen atoms in total. The SMILES string of the molecule is CCNC(Cc1cccc(C)c1)c1cc(Br)ccc1Cl. The Balaban J connectivity index is 2.29. The lowest BCUT2D eigenvalue weighted by molar-refractivity contribution is 0.549. The minimum Gasteiger partial charge on any atom is -0.310 e. The fourth-order valence-corrected chi connectivity index (χ4v) is 3.02. The van der Waals surface area contributed by atoms with Gasteiger partial charge in [0.1, 0.15) is 0 Å². The van der Waals surface area contributed by atoms with E-state index in [1.165, 1.54) is 11.1 Å². The molecule has 0 aliphatic carbocycles. The summed E-state index contributed by atoms with van der Waals surface area (Å²) in [5.41, 5.74) is 3.76. The van der Waals surface area contributed by atoms with Gasteiger partial charge in [-0.15, -0.1) is 0 Å². The van der Waals surface area contributed by atoms with Crippen molar-refractivity contribution in [1.82, 2.24) is 5.32 Å². The molecule has 0 radical (unpaired) electrons. The minimum absolute atomic E-state index is 0.229. The van der Waals surface area contributed by atoms with Gasteiger partial charge in [-0.2, -0.15) is 0 Å². The second kappa shape index (κ2) is 7.26. The highest BCUT2D eigenvalue weighted by atomic mass is 79.9. The number of rotatable bonds is 5. The normalized spacial score (nSPS) is 12.4. The molecule has 0 aliphatic heterocycles.